The number of aromatic nitrogens is 3. The van der Waals surface area contributed by atoms with E-state index in [0.717, 1.165) is 10.5 Å². The van der Waals surface area contributed by atoms with Gasteiger partial charge in [-0.2, -0.15) is 0 Å². The summed E-state index contributed by atoms with van der Waals surface area (Å²) in [5.41, 5.74) is 6.10. The van der Waals surface area contributed by atoms with Gasteiger partial charge in [0.1, 0.15) is 0 Å². The predicted molar refractivity (Wildman–Crippen MR) is 92.2 cm³/mol. The van der Waals surface area contributed by atoms with Crippen LogP contribution < -0.4 is 4.57 Å². The average Bonchev–Trinajstić information content (AvgIpc) is 3.00. The van der Waals surface area contributed by atoms with Crippen LogP contribution in [-0.2, 0) is 14.1 Å². The van der Waals surface area contributed by atoms with Crippen molar-refractivity contribution in [1.82, 2.24) is 9.55 Å². The van der Waals surface area contributed by atoms with Gasteiger partial charge in [-0.05, 0) is 37.6 Å². The van der Waals surface area contributed by atoms with Crippen molar-refractivity contribution >= 4 is 32.6 Å². The lowest BCUT2D eigenvalue weighted by molar-refractivity contribution is -0.634. The minimum atomic E-state index is 1.11. The lowest BCUT2D eigenvalue weighted by atomic mass is 10.1. The molecule has 2 aromatic carbocycles. The minimum absolute atomic E-state index is 1.11. The van der Waals surface area contributed by atoms with Crippen LogP contribution in [0, 0.1) is 13.8 Å². The number of para-hydroxylation sites is 2. The van der Waals surface area contributed by atoms with Gasteiger partial charge in [0.2, 0.25) is 0 Å². The molecule has 0 N–H and O–H groups in total. The smallest absolute Gasteiger partial charge is 0.241 e. The number of rotatable bonds is 1. The zero-order valence-electron chi connectivity index (χ0n) is 13.2. The van der Waals surface area contributed by atoms with Gasteiger partial charge in [0.05, 0.1) is 34.9 Å². The SMILES string of the molecule is Cc1nc2c(-c3n(C)c4ccccc4[n+]3C)c(C)ccc2s1. The molecule has 22 heavy (non-hydrogen) atoms. The highest BCUT2D eigenvalue weighted by atomic mass is 32.1. The van der Waals surface area contributed by atoms with Crippen LogP contribution in [0.3, 0.4) is 0 Å². The van der Waals surface area contributed by atoms with Crippen molar-refractivity contribution in [2.75, 3.05) is 0 Å². The first kappa shape index (κ1) is 13.5. The lowest BCUT2D eigenvalue weighted by Crippen LogP contribution is -2.30. The molecule has 0 atom stereocenters. The fourth-order valence-electron chi connectivity index (χ4n) is 3.31. The molecule has 2 aromatic heterocycles. The maximum Gasteiger partial charge on any atom is 0.291 e. The van der Waals surface area contributed by atoms with Gasteiger partial charge in [-0.15, -0.1) is 11.3 Å². The third-order valence-corrected chi connectivity index (χ3v) is 5.28. The summed E-state index contributed by atoms with van der Waals surface area (Å²) in [6, 6.07) is 12.9. The second-order valence-electron chi connectivity index (χ2n) is 5.77. The Bertz CT molecular complexity index is 985. The van der Waals surface area contributed by atoms with E-state index < -0.39 is 0 Å². The third-order valence-electron chi connectivity index (χ3n) is 4.34. The van der Waals surface area contributed by atoms with Gasteiger partial charge in [0.15, 0.2) is 11.0 Å². The maximum absolute atomic E-state index is 4.79. The molecule has 4 heteroatoms. The van der Waals surface area contributed by atoms with E-state index in [1.165, 1.54) is 32.7 Å². The molecule has 4 rings (SSSR count). The first-order valence-electron chi connectivity index (χ1n) is 7.38. The lowest BCUT2D eigenvalue weighted by Gasteiger charge is -2.04. The van der Waals surface area contributed by atoms with Gasteiger partial charge in [-0.3, -0.25) is 0 Å². The van der Waals surface area contributed by atoms with Crippen molar-refractivity contribution in [1.29, 1.82) is 0 Å². The highest BCUT2D eigenvalue weighted by Crippen LogP contribution is 2.34. The Morgan fingerprint density at radius 2 is 1.86 bits per heavy atom. The number of hydrogen-bond acceptors (Lipinski definition) is 2. The second-order valence-corrected chi connectivity index (χ2v) is 7.00. The maximum atomic E-state index is 4.79. The standard InChI is InChI=1S/C18H18N3S/c1-11-9-10-15-17(19-12(2)22-15)16(11)18-20(3)13-7-5-6-8-14(13)21(18)4/h5-10H,1-4H3/q+1. The molecule has 0 saturated carbocycles. The van der Waals surface area contributed by atoms with Crippen molar-refractivity contribution in [3.05, 3.63) is 47.0 Å². The minimum Gasteiger partial charge on any atom is -0.241 e. The average molecular weight is 308 g/mol. The third kappa shape index (κ3) is 1.74. The highest BCUT2D eigenvalue weighted by Gasteiger charge is 2.25. The zero-order chi connectivity index (χ0) is 15.4. The molecule has 0 aliphatic carbocycles. The van der Waals surface area contributed by atoms with Crippen LogP contribution in [0.25, 0.3) is 32.6 Å². The van der Waals surface area contributed by atoms with Crippen LogP contribution in [0.2, 0.25) is 0 Å². The molecule has 0 radical (unpaired) electrons. The van der Waals surface area contributed by atoms with Gasteiger partial charge in [0, 0.05) is 0 Å². The zero-order valence-corrected chi connectivity index (χ0v) is 14.0. The first-order chi connectivity index (χ1) is 10.6. The molecule has 3 nitrogen and oxygen atoms in total. The number of nitrogens with zero attached hydrogens (tertiary/aromatic N) is 3. The van der Waals surface area contributed by atoms with Crippen LogP contribution in [-0.4, -0.2) is 9.55 Å². The second kappa shape index (κ2) is 4.65. The fraction of sp³-hybridized carbons (Fsp3) is 0.222. The Morgan fingerprint density at radius 1 is 1.09 bits per heavy atom. The molecular formula is C18H18N3S+. The highest BCUT2D eigenvalue weighted by molar-refractivity contribution is 7.18. The molecule has 0 amide bonds. The number of imidazole rings is 1. The van der Waals surface area contributed by atoms with Crippen LogP contribution >= 0.6 is 11.3 Å². The van der Waals surface area contributed by atoms with E-state index in [1.807, 2.05) is 0 Å². The van der Waals surface area contributed by atoms with Gasteiger partial charge in [-0.1, -0.05) is 18.2 Å². The van der Waals surface area contributed by atoms with Gasteiger partial charge in [-0.25, -0.2) is 14.1 Å². The fourth-order valence-corrected chi connectivity index (χ4v) is 4.14. The number of aryl methyl sites for hydroxylation is 4. The van der Waals surface area contributed by atoms with E-state index in [1.54, 1.807) is 11.3 Å². The van der Waals surface area contributed by atoms with Gasteiger partial charge < -0.3 is 0 Å². The molecule has 110 valence electrons. The van der Waals surface area contributed by atoms with Crippen molar-refractivity contribution in [2.45, 2.75) is 13.8 Å². The van der Waals surface area contributed by atoms with Crippen LogP contribution in [0.5, 0.6) is 0 Å². The molecule has 0 unspecified atom stereocenters. The summed E-state index contributed by atoms with van der Waals surface area (Å²) >= 11 is 1.76. The molecule has 0 bridgehead atoms. The Kier molecular flexibility index (Phi) is 2.84. The normalized spacial score (nSPS) is 11.6. The van der Waals surface area contributed by atoms with E-state index in [-0.39, 0.29) is 0 Å². The molecule has 0 saturated heterocycles. The summed E-state index contributed by atoms with van der Waals surface area (Å²) in [6.07, 6.45) is 0. The summed E-state index contributed by atoms with van der Waals surface area (Å²) in [5.74, 6) is 1.20. The molecule has 2 heterocycles. The molecule has 0 aliphatic rings. The monoisotopic (exact) mass is 308 g/mol. The van der Waals surface area contributed by atoms with E-state index in [9.17, 15) is 0 Å². The summed E-state index contributed by atoms with van der Waals surface area (Å²) in [7, 11) is 4.27. The number of fused-ring (bicyclic) bond motifs is 2. The van der Waals surface area contributed by atoms with Crippen molar-refractivity contribution in [2.24, 2.45) is 14.1 Å². The summed E-state index contributed by atoms with van der Waals surface area (Å²) in [6.45, 7) is 4.24. The van der Waals surface area contributed by atoms with Crippen molar-refractivity contribution < 1.29 is 4.57 Å². The molecular weight excluding hydrogens is 290 g/mol. The number of benzene rings is 2. The van der Waals surface area contributed by atoms with E-state index >= 15 is 0 Å². The summed E-state index contributed by atoms with van der Waals surface area (Å²) < 4.78 is 5.79. The summed E-state index contributed by atoms with van der Waals surface area (Å²) in [4.78, 5) is 4.79. The topological polar surface area (TPSA) is 21.7 Å². The van der Waals surface area contributed by atoms with E-state index in [2.05, 4.69) is 73.5 Å². The van der Waals surface area contributed by atoms with Gasteiger partial charge >= 0.3 is 0 Å². The van der Waals surface area contributed by atoms with Gasteiger partial charge in [0.25, 0.3) is 5.82 Å². The Balaban J connectivity index is 2.18. The number of thiazole rings is 1. The molecule has 0 spiro atoms. The van der Waals surface area contributed by atoms with Crippen molar-refractivity contribution in [3.8, 4) is 11.4 Å². The van der Waals surface area contributed by atoms with E-state index in [4.69, 9.17) is 4.98 Å². The van der Waals surface area contributed by atoms with Crippen LogP contribution in [0.4, 0.5) is 0 Å². The molecule has 0 aliphatic heterocycles. The largest absolute Gasteiger partial charge is 0.291 e. The Morgan fingerprint density at radius 3 is 2.64 bits per heavy atom. The predicted octanol–water partition coefficient (Wildman–Crippen LogP) is 3.90. The molecule has 0 fully saturated rings. The Labute approximate surface area is 133 Å². The van der Waals surface area contributed by atoms with E-state index in [0.29, 0.717) is 0 Å². The van der Waals surface area contributed by atoms with Crippen LogP contribution in [0.15, 0.2) is 36.4 Å². The Hall–Kier alpha value is -2.20. The number of hydrogen-bond donors (Lipinski definition) is 0. The molecule has 4 aromatic rings. The van der Waals surface area contributed by atoms with Crippen LogP contribution in [0.1, 0.15) is 10.6 Å². The quantitative estimate of drug-likeness (QED) is 0.489. The first-order valence-corrected chi connectivity index (χ1v) is 8.20. The van der Waals surface area contributed by atoms with Crippen molar-refractivity contribution in [3.63, 3.8) is 0 Å². The summed E-state index contributed by atoms with van der Waals surface area (Å²) in [5, 5.41) is 1.11.